The Kier molecular flexibility index (Phi) is 3.16. The average molecular weight is 219 g/mol. The van der Waals surface area contributed by atoms with Gasteiger partial charge in [0.2, 0.25) is 11.7 Å². The second-order valence-corrected chi connectivity index (χ2v) is 3.30. The van der Waals surface area contributed by atoms with Gasteiger partial charge in [-0.05, 0) is 12.1 Å². The molecule has 5 heteroatoms. The van der Waals surface area contributed by atoms with Crippen LogP contribution in [0.1, 0.15) is 5.89 Å². The highest BCUT2D eigenvalue weighted by molar-refractivity contribution is 5.56. The first-order valence-corrected chi connectivity index (χ1v) is 5.03. The largest absolute Gasteiger partial charge is 0.492 e. The Morgan fingerprint density at radius 1 is 1.44 bits per heavy atom. The molecule has 0 unspecified atom stereocenters. The van der Waals surface area contributed by atoms with E-state index in [1.807, 2.05) is 24.3 Å². The molecule has 0 aliphatic heterocycles. The van der Waals surface area contributed by atoms with Crippen LogP contribution in [0.5, 0.6) is 5.75 Å². The van der Waals surface area contributed by atoms with E-state index < -0.39 is 0 Å². The number of ether oxygens (including phenoxy) is 1. The van der Waals surface area contributed by atoms with Crippen molar-refractivity contribution in [2.24, 2.45) is 5.73 Å². The van der Waals surface area contributed by atoms with Crippen molar-refractivity contribution in [2.75, 3.05) is 13.2 Å². The molecule has 0 bridgehead atoms. The Morgan fingerprint density at radius 2 is 2.31 bits per heavy atom. The zero-order chi connectivity index (χ0) is 11.4. The highest BCUT2D eigenvalue weighted by Crippen LogP contribution is 2.21. The summed E-state index contributed by atoms with van der Waals surface area (Å²) in [6.07, 6.45) is 0. The lowest BCUT2D eigenvalue weighted by Crippen LogP contribution is -2.10. The van der Waals surface area contributed by atoms with Crippen LogP contribution in [0.15, 0.2) is 28.8 Å². The number of aryl methyl sites for hydroxylation is 1. The van der Waals surface area contributed by atoms with Gasteiger partial charge < -0.3 is 15.0 Å². The van der Waals surface area contributed by atoms with Gasteiger partial charge in [-0.1, -0.05) is 17.3 Å². The van der Waals surface area contributed by atoms with E-state index in [2.05, 4.69) is 10.1 Å². The molecule has 2 N–H and O–H groups in total. The normalized spacial score (nSPS) is 10.4. The van der Waals surface area contributed by atoms with E-state index in [0.717, 1.165) is 11.3 Å². The molecular formula is C11H13N3O2. The van der Waals surface area contributed by atoms with Crippen LogP contribution in [0.4, 0.5) is 0 Å². The van der Waals surface area contributed by atoms with E-state index in [4.69, 9.17) is 15.0 Å². The third kappa shape index (κ3) is 2.38. The molecule has 0 atom stereocenters. The molecule has 2 aromatic rings. The van der Waals surface area contributed by atoms with E-state index in [-0.39, 0.29) is 0 Å². The van der Waals surface area contributed by atoms with Crippen LogP contribution in [-0.4, -0.2) is 23.3 Å². The molecule has 1 aromatic carbocycles. The summed E-state index contributed by atoms with van der Waals surface area (Å²) < 4.78 is 10.3. The highest BCUT2D eigenvalue weighted by atomic mass is 16.5. The summed E-state index contributed by atoms with van der Waals surface area (Å²) in [7, 11) is 0. The monoisotopic (exact) mass is 219 g/mol. The standard InChI is InChI=1S/C11H13N3O2/c1-8-13-11(14-16-8)9-3-2-4-10(7-9)15-6-5-12/h2-4,7H,5-6,12H2,1H3. The minimum atomic E-state index is 0.492. The van der Waals surface area contributed by atoms with Gasteiger partial charge in [-0.25, -0.2) is 0 Å². The van der Waals surface area contributed by atoms with Crippen LogP contribution in [0.2, 0.25) is 0 Å². The molecular weight excluding hydrogens is 206 g/mol. The van der Waals surface area contributed by atoms with Crippen molar-refractivity contribution < 1.29 is 9.26 Å². The molecule has 0 aliphatic rings. The fourth-order valence-electron chi connectivity index (χ4n) is 1.32. The molecule has 0 spiro atoms. The lowest BCUT2D eigenvalue weighted by atomic mass is 10.2. The van der Waals surface area contributed by atoms with Crippen LogP contribution in [-0.2, 0) is 0 Å². The van der Waals surface area contributed by atoms with E-state index in [0.29, 0.717) is 24.9 Å². The minimum Gasteiger partial charge on any atom is -0.492 e. The van der Waals surface area contributed by atoms with Crippen LogP contribution in [0.3, 0.4) is 0 Å². The molecule has 16 heavy (non-hydrogen) atoms. The topological polar surface area (TPSA) is 74.2 Å². The molecule has 0 aliphatic carbocycles. The molecule has 1 heterocycles. The SMILES string of the molecule is Cc1nc(-c2cccc(OCCN)c2)no1. The lowest BCUT2D eigenvalue weighted by molar-refractivity contribution is 0.328. The van der Waals surface area contributed by atoms with E-state index in [1.54, 1.807) is 6.92 Å². The summed E-state index contributed by atoms with van der Waals surface area (Å²) in [6, 6.07) is 7.51. The van der Waals surface area contributed by atoms with Crippen molar-refractivity contribution in [2.45, 2.75) is 6.92 Å². The highest BCUT2D eigenvalue weighted by Gasteiger charge is 2.06. The van der Waals surface area contributed by atoms with Gasteiger partial charge >= 0.3 is 0 Å². The van der Waals surface area contributed by atoms with E-state index in [1.165, 1.54) is 0 Å². The Balaban J connectivity index is 2.22. The van der Waals surface area contributed by atoms with Crippen LogP contribution in [0, 0.1) is 6.92 Å². The molecule has 0 saturated carbocycles. The predicted molar refractivity (Wildman–Crippen MR) is 59.0 cm³/mol. The molecule has 0 radical (unpaired) electrons. The first-order valence-electron chi connectivity index (χ1n) is 5.03. The number of hydrogen-bond acceptors (Lipinski definition) is 5. The zero-order valence-electron chi connectivity index (χ0n) is 9.01. The van der Waals surface area contributed by atoms with Gasteiger partial charge in [0.1, 0.15) is 12.4 Å². The zero-order valence-corrected chi connectivity index (χ0v) is 9.01. The number of nitrogens with two attached hydrogens (primary N) is 1. The summed E-state index contributed by atoms with van der Waals surface area (Å²) in [6.45, 7) is 2.74. The maximum atomic E-state index is 5.41. The number of rotatable bonds is 4. The van der Waals surface area contributed by atoms with Crippen molar-refractivity contribution in [3.63, 3.8) is 0 Å². The molecule has 2 rings (SSSR count). The molecule has 84 valence electrons. The summed E-state index contributed by atoms with van der Waals surface area (Å²) in [5.74, 6) is 1.87. The van der Waals surface area contributed by atoms with Crippen molar-refractivity contribution >= 4 is 0 Å². The number of hydrogen-bond donors (Lipinski definition) is 1. The second-order valence-electron chi connectivity index (χ2n) is 3.30. The third-order valence-electron chi connectivity index (χ3n) is 2.01. The molecule has 0 amide bonds. The van der Waals surface area contributed by atoms with Gasteiger partial charge in [0.15, 0.2) is 0 Å². The summed E-state index contributed by atoms with van der Waals surface area (Å²) in [4.78, 5) is 4.14. The summed E-state index contributed by atoms with van der Waals surface area (Å²) in [5, 5.41) is 3.84. The minimum absolute atomic E-state index is 0.492. The van der Waals surface area contributed by atoms with Gasteiger partial charge in [0, 0.05) is 19.0 Å². The predicted octanol–water partition coefficient (Wildman–Crippen LogP) is 1.38. The average Bonchev–Trinajstić information content (AvgIpc) is 2.74. The van der Waals surface area contributed by atoms with Crippen molar-refractivity contribution in [3.8, 4) is 17.1 Å². The molecule has 1 aromatic heterocycles. The fourth-order valence-corrected chi connectivity index (χ4v) is 1.32. The van der Waals surface area contributed by atoms with Crippen molar-refractivity contribution in [1.29, 1.82) is 0 Å². The van der Waals surface area contributed by atoms with Crippen LogP contribution in [0.25, 0.3) is 11.4 Å². The van der Waals surface area contributed by atoms with Crippen LogP contribution < -0.4 is 10.5 Å². The van der Waals surface area contributed by atoms with Gasteiger partial charge in [-0.3, -0.25) is 0 Å². The third-order valence-corrected chi connectivity index (χ3v) is 2.01. The summed E-state index contributed by atoms with van der Waals surface area (Å²) >= 11 is 0. The molecule has 0 fully saturated rings. The number of benzene rings is 1. The van der Waals surface area contributed by atoms with E-state index in [9.17, 15) is 0 Å². The molecule has 5 nitrogen and oxygen atoms in total. The van der Waals surface area contributed by atoms with Crippen molar-refractivity contribution in [3.05, 3.63) is 30.2 Å². The van der Waals surface area contributed by atoms with Gasteiger partial charge in [0.25, 0.3) is 0 Å². The number of aromatic nitrogens is 2. The smallest absolute Gasteiger partial charge is 0.223 e. The summed E-state index contributed by atoms with van der Waals surface area (Å²) in [5.41, 5.74) is 6.23. The van der Waals surface area contributed by atoms with E-state index >= 15 is 0 Å². The lowest BCUT2D eigenvalue weighted by Gasteiger charge is -2.04. The second kappa shape index (κ2) is 4.76. The molecule has 0 saturated heterocycles. The first kappa shape index (κ1) is 10.6. The Hall–Kier alpha value is -1.88. The maximum absolute atomic E-state index is 5.41. The Morgan fingerprint density at radius 3 is 3.00 bits per heavy atom. The Bertz CT molecular complexity index is 468. The van der Waals surface area contributed by atoms with Gasteiger partial charge in [-0.2, -0.15) is 4.98 Å². The van der Waals surface area contributed by atoms with Crippen LogP contribution >= 0.6 is 0 Å². The number of nitrogens with zero attached hydrogens (tertiary/aromatic N) is 2. The first-order chi connectivity index (χ1) is 7.79. The quantitative estimate of drug-likeness (QED) is 0.840. The maximum Gasteiger partial charge on any atom is 0.223 e. The van der Waals surface area contributed by atoms with Gasteiger partial charge in [0.05, 0.1) is 0 Å². The van der Waals surface area contributed by atoms with Crippen molar-refractivity contribution in [1.82, 2.24) is 10.1 Å². The Labute approximate surface area is 93.2 Å². The van der Waals surface area contributed by atoms with Gasteiger partial charge in [-0.15, -0.1) is 0 Å². The fraction of sp³-hybridized carbons (Fsp3) is 0.273.